The number of aromatic nitrogens is 2. The van der Waals surface area contributed by atoms with Crippen LogP contribution in [0.5, 0.6) is 0 Å². The first kappa shape index (κ1) is 32.7. The summed E-state index contributed by atoms with van der Waals surface area (Å²) in [6, 6.07) is 69.5. The lowest BCUT2D eigenvalue weighted by atomic mass is 9.79. The van der Waals surface area contributed by atoms with Crippen molar-refractivity contribution in [3.8, 4) is 78.4 Å². The van der Waals surface area contributed by atoms with Crippen molar-refractivity contribution >= 4 is 10.8 Å². The summed E-state index contributed by atoms with van der Waals surface area (Å²) in [4.78, 5) is 10.5. The van der Waals surface area contributed by atoms with Gasteiger partial charge < -0.3 is 0 Å². The molecule has 0 bridgehead atoms. The molecule has 0 atom stereocenters. The van der Waals surface area contributed by atoms with Crippen molar-refractivity contribution in [3.63, 3.8) is 0 Å². The first-order valence-electron chi connectivity index (χ1n) is 19.0. The van der Waals surface area contributed by atoms with Crippen LogP contribution >= 0.6 is 0 Å². The van der Waals surface area contributed by atoms with E-state index >= 15 is 0 Å². The van der Waals surface area contributed by atoms with E-state index in [1.807, 2.05) is 6.07 Å². The smallest absolute Gasteiger partial charge is 0.160 e. The Kier molecular flexibility index (Phi) is 7.85. The lowest BCUT2D eigenvalue weighted by Crippen LogP contribution is -2.15. The number of fused-ring (bicyclic) bond motifs is 5. The topological polar surface area (TPSA) is 25.8 Å². The highest BCUT2D eigenvalue weighted by molar-refractivity contribution is 6.04. The molecule has 2 nitrogen and oxygen atoms in total. The summed E-state index contributed by atoms with van der Waals surface area (Å²) < 4.78 is 0. The summed E-state index contributed by atoms with van der Waals surface area (Å²) in [5, 5.41) is 2.59. The van der Waals surface area contributed by atoms with E-state index in [0.29, 0.717) is 5.82 Å². The molecule has 1 aliphatic carbocycles. The van der Waals surface area contributed by atoms with Gasteiger partial charge in [-0.05, 0) is 96.7 Å². The van der Waals surface area contributed by atoms with Crippen molar-refractivity contribution in [3.05, 3.63) is 205 Å². The minimum absolute atomic E-state index is 0.109. The second-order valence-corrected chi connectivity index (χ2v) is 15.0. The Hall–Kier alpha value is -6.90. The van der Waals surface area contributed by atoms with Crippen molar-refractivity contribution in [1.29, 1.82) is 0 Å². The van der Waals surface area contributed by atoms with Crippen LogP contribution in [0.25, 0.3) is 89.2 Å². The van der Waals surface area contributed by atoms with Gasteiger partial charge in [0.15, 0.2) is 5.82 Å². The van der Waals surface area contributed by atoms with E-state index in [0.717, 1.165) is 39.2 Å². The van der Waals surface area contributed by atoms with Crippen LogP contribution in [-0.2, 0) is 5.41 Å². The van der Waals surface area contributed by atoms with Crippen molar-refractivity contribution in [1.82, 2.24) is 9.97 Å². The van der Waals surface area contributed by atoms with Crippen LogP contribution in [0.2, 0.25) is 0 Å². The van der Waals surface area contributed by atoms with Crippen LogP contribution in [0.15, 0.2) is 194 Å². The Balaban J connectivity index is 1.13. The predicted molar refractivity (Wildman–Crippen MR) is 230 cm³/mol. The number of nitrogens with zero attached hydrogens (tertiary/aromatic N) is 2. The summed E-state index contributed by atoms with van der Waals surface area (Å²) >= 11 is 0. The molecule has 10 rings (SSSR count). The quantitative estimate of drug-likeness (QED) is 0.172. The molecule has 0 aliphatic heterocycles. The Morgan fingerprint density at radius 2 is 0.873 bits per heavy atom. The highest BCUT2D eigenvalue weighted by Gasteiger charge is 2.38. The molecule has 2 heteroatoms. The molecule has 8 aromatic carbocycles. The zero-order valence-electron chi connectivity index (χ0n) is 30.9. The number of hydrogen-bond donors (Lipinski definition) is 0. The van der Waals surface area contributed by atoms with Crippen LogP contribution in [0.4, 0.5) is 0 Å². The Bertz CT molecular complexity index is 2800. The molecular formula is C53H38N2. The highest BCUT2D eigenvalue weighted by Crippen LogP contribution is 2.54. The van der Waals surface area contributed by atoms with Gasteiger partial charge in [0.25, 0.3) is 0 Å². The highest BCUT2D eigenvalue weighted by atomic mass is 14.9. The minimum Gasteiger partial charge on any atom is -0.228 e. The zero-order valence-corrected chi connectivity index (χ0v) is 30.9. The molecule has 260 valence electrons. The summed E-state index contributed by atoms with van der Waals surface area (Å²) in [7, 11) is 0. The third-order valence-electron chi connectivity index (χ3n) is 11.2. The maximum Gasteiger partial charge on any atom is 0.160 e. The fourth-order valence-electron chi connectivity index (χ4n) is 8.53. The van der Waals surface area contributed by atoms with Gasteiger partial charge in [0, 0.05) is 22.1 Å². The molecule has 0 fully saturated rings. The van der Waals surface area contributed by atoms with Gasteiger partial charge in [0.2, 0.25) is 0 Å². The SMILES string of the molecule is CC1(C)c2ccccc2-c2c(-c3ccc(-c4nc(-c5ccccc5)cc(-c5cc(-c6ccccc6)cc(-c6ccccc6)c5)n4)cc3)cc3ccccc3c21. The molecule has 0 saturated carbocycles. The van der Waals surface area contributed by atoms with Crippen LogP contribution in [0.1, 0.15) is 25.0 Å². The van der Waals surface area contributed by atoms with E-state index < -0.39 is 0 Å². The molecule has 1 aromatic heterocycles. The second kappa shape index (κ2) is 13.2. The molecule has 0 saturated heterocycles. The third-order valence-corrected chi connectivity index (χ3v) is 11.2. The van der Waals surface area contributed by atoms with Crippen molar-refractivity contribution in [2.45, 2.75) is 19.3 Å². The summed E-state index contributed by atoms with van der Waals surface area (Å²) in [6.45, 7) is 4.73. The predicted octanol–water partition coefficient (Wildman–Crippen LogP) is 13.9. The molecule has 0 spiro atoms. The van der Waals surface area contributed by atoms with E-state index in [2.05, 4.69) is 202 Å². The molecule has 55 heavy (non-hydrogen) atoms. The molecule has 1 aliphatic rings. The molecule has 1 heterocycles. The number of hydrogen-bond acceptors (Lipinski definition) is 2. The molecule has 0 amide bonds. The minimum atomic E-state index is -0.109. The number of rotatable bonds is 6. The largest absolute Gasteiger partial charge is 0.228 e. The first-order valence-corrected chi connectivity index (χ1v) is 19.0. The van der Waals surface area contributed by atoms with Gasteiger partial charge in [-0.1, -0.05) is 178 Å². The van der Waals surface area contributed by atoms with E-state index in [1.165, 1.54) is 55.3 Å². The molecule has 0 N–H and O–H groups in total. The van der Waals surface area contributed by atoms with Crippen molar-refractivity contribution in [2.75, 3.05) is 0 Å². The van der Waals surface area contributed by atoms with E-state index in [4.69, 9.17) is 9.97 Å². The van der Waals surface area contributed by atoms with Gasteiger partial charge in [-0.25, -0.2) is 9.97 Å². The average molecular weight is 703 g/mol. The molecular weight excluding hydrogens is 665 g/mol. The van der Waals surface area contributed by atoms with E-state index in [9.17, 15) is 0 Å². The monoisotopic (exact) mass is 702 g/mol. The number of benzene rings is 8. The van der Waals surface area contributed by atoms with Crippen LogP contribution in [-0.4, -0.2) is 9.97 Å². The molecule has 0 unspecified atom stereocenters. The summed E-state index contributed by atoms with van der Waals surface area (Å²) in [5.74, 6) is 0.699. The Morgan fingerprint density at radius 1 is 0.364 bits per heavy atom. The fraction of sp³-hybridized carbons (Fsp3) is 0.0566. The second-order valence-electron chi connectivity index (χ2n) is 15.0. The van der Waals surface area contributed by atoms with Gasteiger partial charge in [0.05, 0.1) is 11.4 Å². The Labute approximate surface area is 322 Å². The van der Waals surface area contributed by atoms with E-state index in [1.54, 1.807) is 0 Å². The van der Waals surface area contributed by atoms with Gasteiger partial charge in [-0.3, -0.25) is 0 Å². The summed E-state index contributed by atoms with van der Waals surface area (Å²) in [5.41, 5.74) is 17.3. The van der Waals surface area contributed by atoms with Crippen molar-refractivity contribution < 1.29 is 0 Å². The van der Waals surface area contributed by atoms with Gasteiger partial charge in [-0.15, -0.1) is 0 Å². The lowest BCUT2D eigenvalue weighted by molar-refractivity contribution is 0.666. The molecule has 9 aromatic rings. The zero-order chi connectivity index (χ0) is 36.9. The third kappa shape index (κ3) is 5.75. The van der Waals surface area contributed by atoms with Crippen LogP contribution < -0.4 is 0 Å². The Morgan fingerprint density at radius 3 is 1.53 bits per heavy atom. The fourth-order valence-corrected chi connectivity index (χ4v) is 8.53. The summed E-state index contributed by atoms with van der Waals surface area (Å²) in [6.07, 6.45) is 0. The van der Waals surface area contributed by atoms with E-state index in [-0.39, 0.29) is 5.41 Å². The molecule has 0 radical (unpaired) electrons. The first-order chi connectivity index (χ1) is 27.0. The van der Waals surface area contributed by atoms with Gasteiger partial charge >= 0.3 is 0 Å². The normalized spacial score (nSPS) is 12.7. The van der Waals surface area contributed by atoms with Gasteiger partial charge in [0.1, 0.15) is 0 Å². The maximum absolute atomic E-state index is 5.31. The maximum atomic E-state index is 5.31. The lowest BCUT2D eigenvalue weighted by Gasteiger charge is -2.24. The standard InChI is InChI=1S/C53H38N2/c1-53(2)47-25-15-14-24-45(47)50-46(33-40-22-12-13-23-44(40)51(50)53)37-26-28-39(29-27-37)52-54-48(38-20-10-5-11-21-38)34-49(55-52)43-31-41(35-16-6-3-7-17-35)30-42(32-43)36-18-8-4-9-19-36/h3-34H,1-2H3. The van der Waals surface area contributed by atoms with Gasteiger partial charge in [-0.2, -0.15) is 0 Å². The van der Waals surface area contributed by atoms with Crippen LogP contribution in [0.3, 0.4) is 0 Å². The average Bonchev–Trinajstić information content (AvgIpc) is 3.50. The van der Waals surface area contributed by atoms with Crippen molar-refractivity contribution in [2.24, 2.45) is 0 Å². The van der Waals surface area contributed by atoms with Crippen LogP contribution in [0, 0.1) is 0 Å².